The molecule has 0 aliphatic heterocycles. The summed E-state index contributed by atoms with van der Waals surface area (Å²) in [6.07, 6.45) is -1.91. The number of hydrogen-bond acceptors (Lipinski definition) is 4. The van der Waals surface area contributed by atoms with E-state index in [1.807, 2.05) is 37.3 Å². The zero-order valence-corrected chi connectivity index (χ0v) is 17.4. The third-order valence-electron chi connectivity index (χ3n) is 4.35. The van der Waals surface area contributed by atoms with Crippen LogP contribution in [-0.2, 0) is 10.0 Å². The second-order valence-corrected chi connectivity index (χ2v) is 8.84. The first-order chi connectivity index (χ1) is 13.8. The monoisotopic (exact) mass is 431 g/mol. The average molecular weight is 432 g/mol. The Bertz CT molecular complexity index is 1040. The molecule has 0 saturated heterocycles. The van der Waals surface area contributed by atoms with Gasteiger partial charge in [-0.15, -0.1) is 0 Å². The fourth-order valence-electron chi connectivity index (χ4n) is 2.80. The highest BCUT2D eigenvalue weighted by Crippen LogP contribution is 2.27. The highest BCUT2D eigenvalue weighted by molar-refractivity contribution is 7.89. The van der Waals surface area contributed by atoms with Gasteiger partial charge in [-0.05, 0) is 42.8 Å². The molecule has 5 nitrogen and oxygen atoms in total. The van der Waals surface area contributed by atoms with Crippen molar-refractivity contribution < 1.29 is 18.3 Å². The number of rotatable bonds is 8. The molecule has 3 rings (SSSR count). The van der Waals surface area contributed by atoms with Gasteiger partial charge in [0.2, 0.25) is 10.0 Å². The summed E-state index contributed by atoms with van der Waals surface area (Å²) in [5, 5.41) is 11.3. The van der Waals surface area contributed by atoms with Crippen LogP contribution >= 0.6 is 11.6 Å². The normalized spacial score (nSPS) is 13.6. The van der Waals surface area contributed by atoms with E-state index in [2.05, 4.69) is 4.72 Å². The Hall–Kier alpha value is -2.38. The molecule has 0 aliphatic rings. The molecule has 0 unspecified atom stereocenters. The van der Waals surface area contributed by atoms with E-state index < -0.39 is 22.2 Å². The number of nitrogens with one attached hydrogen (secondary N) is 1. The lowest BCUT2D eigenvalue weighted by molar-refractivity contribution is 0.0390. The second-order valence-electron chi connectivity index (χ2n) is 6.64. The average Bonchev–Trinajstić information content (AvgIpc) is 2.71. The smallest absolute Gasteiger partial charge is 0.240 e. The Labute approximate surface area is 176 Å². The molecule has 0 spiro atoms. The summed E-state index contributed by atoms with van der Waals surface area (Å²) in [5.41, 5.74) is 1.68. The Balaban J connectivity index is 1.77. The zero-order valence-electron chi connectivity index (χ0n) is 15.8. The Morgan fingerprint density at radius 3 is 2.34 bits per heavy atom. The van der Waals surface area contributed by atoms with Crippen molar-refractivity contribution in [2.24, 2.45) is 0 Å². The van der Waals surface area contributed by atoms with Gasteiger partial charge in [0.25, 0.3) is 0 Å². The Kier molecular flexibility index (Phi) is 6.92. The van der Waals surface area contributed by atoms with Crippen LogP contribution in [0, 0.1) is 6.92 Å². The van der Waals surface area contributed by atoms with Crippen LogP contribution in [0.5, 0.6) is 5.75 Å². The van der Waals surface area contributed by atoms with E-state index in [0.717, 1.165) is 11.1 Å². The van der Waals surface area contributed by atoms with Crippen LogP contribution in [0.1, 0.15) is 17.2 Å². The number of sulfonamides is 1. The summed E-state index contributed by atoms with van der Waals surface area (Å²) >= 11 is 6.02. The molecule has 29 heavy (non-hydrogen) atoms. The summed E-state index contributed by atoms with van der Waals surface area (Å²) in [6, 6.07) is 22.5. The minimum Gasteiger partial charge on any atom is -0.483 e. The summed E-state index contributed by atoms with van der Waals surface area (Å²) in [7, 11) is -3.75. The van der Waals surface area contributed by atoms with Gasteiger partial charge in [-0.1, -0.05) is 65.7 Å². The molecule has 2 N–H and O–H groups in total. The number of halogens is 1. The highest BCUT2D eigenvalue weighted by Gasteiger charge is 2.25. The van der Waals surface area contributed by atoms with Gasteiger partial charge in [0, 0.05) is 11.6 Å². The van der Waals surface area contributed by atoms with Crippen molar-refractivity contribution in [2.45, 2.75) is 24.0 Å². The van der Waals surface area contributed by atoms with Crippen molar-refractivity contribution in [3.05, 3.63) is 95.0 Å². The number of hydrogen-bond donors (Lipinski definition) is 2. The second kappa shape index (κ2) is 9.41. The van der Waals surface area contributed by atoms with Crippen LogP contribution in [0.25, 0.3) is 0 Å². The van der Waals surface area contributed by atoms with Crippen LogP contribution in [0.2, 0.25) is 5.02 Å². The molecule has 2 atom stereocenters. The maximum atomic E-state index is 12.5. The highest BCUT2D eigenvalue weighted by atomic mass is 35.5. The fourth-order valence-corrected chi connectivity index (χ4v) is 4.03. The maximum absolute atomic E-state index is 12.5. The van der Waals surface area contributed by atoms with Crippen molar-refractivity contribution in [1.29, 1.82) is 0 Å². The molecule has 0 amide bonds. The summed E-state index contributed by atoms with van der Waals surface area (Å²) in [4.78, 5) is 0.141. The topological polar surface area (TPSA) is 75.6 Å². The van der Waals surface area contributed by atoms with Crippen LogP contribution in [0.4, 0.5) is 0 Å². The van der Waals surface area contributed by atoms with Gasteiger partial charge in [-0.25, -0.2) is 13.1 Å². The van der Waals surface area contributed by atoms with Crippen LogP contribution in [-0.4, -0.2) is 26.2 Å². The third kappa shape index (κ3) is 5.81. The molecular weight excluding hydrogens is 410 g/mol. The van der Waals surface area contributed by atoms with E-state index in [9.17, 15) is 13.5 Å². The molecule has 0 bridgehead atoms. The molecule has 152 valence electrons. The fraction of sp³-hybridized carbons (Fsp3) is 0.182. The molecule has 0 saturated carbocycles. The maximum Gasteiger partial charge on any atom is 0.240 e. The first-order valence-electron chi connectivity index (χ1n) is 9.07. The molecule has 7 heteroatoms. The molecule has 3 aromatic carbocycles. The largest absolute Gasteiger partial charge is 0.483 e. The van der Waals surface area contributed by atoms with Crippen molar-refractivity contribution in [3.8, 4) is 5.75 Å². The van der Waals surface area contributed by atoms with Gasteiger partial charge < -0.3 is 9.84 Å². The van der Waals surface area contributed by atoms with E-state index in [4.69, 9.17) is 16.3 Å². The first kappa shape index (κ1) is 21.3. The minimum atomic E-state index is -3.75. The van der Waals surface area contributed by atoms with Crippen molar-refractivity contribution >= 4 is 21.6 Å². The summed E-state index contributed by atoms with van der Waals surface area (Å²) in [6.45, 7) is 1.67. The van der Waals surface area contributed by atoms with Crippen molar-refractivity contribution in [2.75, 3.05) is 6.54 Å². The van der Waals surface area contributed by atoms with Crippen molar-refractivity contribution in [1.82, 2.24) is 4.72 Å². The summed E-state index contributed by atoms with van der Waals surface area (Å²) in [5.74, 6) is 0.479. The number of ether oxygens (including phenoxy) is 1. The predicted octanol–water partition coefficient (Wildman–Crippen LogP) is 4.11. The van der Waals surface area contributed by atoms with E-state index in [0.29, 0.717) is 10.8 Å². The predicted molar refractivity (Wildman–Crippen MR) is 114 cm³/mol. The van der Waals surface area contributed by atoms with E-state index >= 15 is 0 Å². The molecule has 0 aromatic heterocycles. The van der Waals surface area contributed by atoms with Crippen LogP contribution < -0.4 is 9.46 Å². The van der Waals surface area contributed by atoms with E-state index in [1.54, 1.807) is 36.4 Å². The molecule has 0 heterocycles. The number of aliphatic hydroxyl groups excluding tert-OH is 1. The number of aryl methyl sites for hydroxylation is 1. The van der Waals surface area contributed by atoms with Crippen LogP contribution in [0.15, 0.2) is 83.8 Å². The molecular formula is C22H22ClNO4S. The molecule has 3 aromatic rings. The quantitative estimate of drug-likeness (QED) is 0.562. The number of aliphatic hydroxyl groups is 1. The van der Waals surface area contributed by atoms with Gasteiger partial charge >= 0.3 is 0 Å². The molecule has 0 radical (unpaired) electrons. The lowest BCUT2D eigenvalue weighted by Gasteiger charge is -2.25. The van der Waals surface area contributed by atoms with Gasteiger partial charge in [-0.3, -0.25) is 0 Å². The Morgan fingerprint density at radius 2 is 1.69 bits per heavy atom. The first-order valence-corrected chi connectivity index (χ1v) is 10.9. The van der Waals surface area contributed by atoms with Gasteiger partial charge in [0.05, 0.1) is 4.90 Å². The van der Waals surface area contributed by atoms with E-state index in [1.165, 1.54) is 12.1 Å². The molecule has 0 fully saturated rings. The minimum absolute atomic E-state index is 0.141. The van der Waals surface area contributed by atoms with Crippen molar-refractivity contribution in [3.63, 3.8) is 0 Å². The Morgan fingerprint density at radius 1 is 1.00 bits per heavy atom. The molecule has 0 aliphatic carbocycles. The lowest BCUT2D eigenvalue weighted by atomic mass is 10.0. The van der Waals surface area contributed by atoms with Crippen LogP contribution in [0.3, 0.4) is 0 Å². The van der Waals surface area contributed by atoms with E-state index in [-0.39, 0.29) is 11.4 Å². The standard InChI is InChI=1S/C22H22ClNO4S/c1-16-10-12-20(13-11-16)29(26,27)24-15-21(25)22(17-6-3-2-4-7-17)28-19-9-5-8-18(23)14-19/h2-14,21-22,24-25H,15H2,1H3/t21-,22-/m0/s1. The zero-order chi connectivity index (χ0) is 20.9. The van der Waals surface area contributed by atoms with Gasteiger partial charge in [0.15, 0.2) is 6.10 Å². The number of benzene rings is 3. The van der Waals surface area contributed by atoms with Gasteiger partial charge in [0.1, 0.15) is 11.9 Å². The summed E-state index contributed by atoms with van der Waals surface area (Å²) < 4.78 is 33.5. The SMILES string of the molecule is Cc1ccc(S(=O)(=O)NC[C@H](O)[C@@H](Oc2cccc(Cl)c2)c2ccccc2)cc1. The van der Waals surface area contributed by atoms with Gasteiger partial charge in [-0.2, -0.15) is 0 Å². The lowest BCUT2D eigenvalue weighted by Crippen LogP contribution is -2.37. The third-order valence-corrected chi connectivity index (χ3v) is 6.03.